The Kier molecular flexibility index (Phi) is 3.23. The van der Waals surface area contributed by atoms with Crippen LogP contribution in [0.5, 0.6) is 5.75 Å². The van der Waals surface area contributed by atoms with E-state index in [0.717, 1.165) is 12.8 Å². The highest BCUT2D eigenvalue weighted by Gasteiger charge is 2.28. The van der Waals surface area contributed by atoms with E-state index in [4.69, 9.17) is 9.84 Å². The van der Waals surface area contributed by atoms with Crippen molar-refractivity contribution in [1.29, 1.82) is 0 Å². The van der Waals surface area contributed by atoms with E-state index in [1.165, 1.54) is 11.0 Å². The van der Waals surface area contributed by atoms with Crippen molar-refractivity contribution in [3.8, 4) is 5.75 Å². The third-order valence-corrected chi connectivity index (χ3v) is 2.69. The van der Waals surface area contributed by atoms with Gasteiger partial charge in [-0.2, -0.15) is 0 Å². The van der Waals surface area contributed by atoms with E-state index in [1.807, 2.05) is 0 Å². The number of carboxylic acids is 1. The number of rotatable bonds is 4. The lowest BCUT2D eigenvalue weighted by Crippen LogP contribution is -2.25. The standard InChI is InChI=1S/C13H15NO4/c1-14(2)12(15)11-9(13(16)17)4-3-5-10(11)18-8-6-7-8/h3-5,8H,6-7H2,1-2H3,(H,16,17). The van der Waals surface area contributed by atoms with Crippen LogP contribution in [0.3, 0.4) is 0 Å². The summed E-state index contributed by atoms with van der Waals surface area (Å²) >= 11 is 0. The highest BCUT2D eigenvalue weighted by atomic mass is 16.5. The second-order valence-corrected chi connectivity index (χ2v) is 4.50. The van der Waals surface area contributed by atoms with Crippen LogP contribution in [-0.2, 0) is 0 Å². The first kappa shape index (κ1) is 12.4. The quantitative estimate of drug-likeness (QED) is 0.880. The number of amides is 1. The molecule has 0 saturated heterocycles. The molecule has 1 amide bonds. The second-order valence-electron chi connectivity index (χ2n) is 4.50. The Balaban J connectivity index is 2.47. The van der Waals surface area contributed by atoms with E-state index < -0.39 is 5.97 Å². The van der Waals surface area contributed by atoms with Gasteiger partial charge >= 0.3 is 5.97 Å². The lowest BCUT2D eigenvalue weighted by molar-refractivity contribution is 0.0683. The third-order valence-electron chi connectivity index (χ3n) is 2.69. The molecule has 0 aliphatic heterocycles. The van der Waals surface area contributed by atoms with Crippen molar-refractivity contribution >= 4 is 11.9 Å². The Morgan fingerprint density at radius 2 is 2.00 bits per heavy atom. The van der Waals surface area contributed by atoms with Gasteiger partial charge in [0.15, 0.2) is 0 Å². The van der Waals surface area contributed by atoms with E-state index in [0.29, 0.717) is 5.75 Å². The fourth-order valence-electron chi connectivity index (χ4n) is 1.62. The van der Waals surface area contributed by atoms with Crippen LogP contribution < -0.4 is 4.74 Å². The smallest absolute Gasteiger partial charge is 0.336 e. The number of hydrogen-bond acceptors (Lipinski definition) is 3. The van der Waals surface area contributed by atoms with Crippen LogP contribution in [0.1, 0.15) is 33.6 Å². The van der Waals surface area contributed by atoms with Crippen LogP contribution >= 0.6 is 0 Å². The number of benzene rings is 1. The van der Waals surface area contributed by atoms with Crippen molar-refractivity contribution in [3.05, 3.63) is 29.3 Å². The fourth-order valence-corrected chi connectivity index (χ4v) is 1.62. The molecule has 0 radical (unpaired) electrons. The maximum absolute atomic E-state index is 12.1. The van der Waals surface area contributed by atoms with Gasteiger partial charge in [0.1, 0.15) is 5.75 Å². The van der Waals surface area contributed by atoms with Gasteiger partial charge in [0.2, 0.25) is 0 Å². The van der Waals surface area contributed by atoms with Gasteiger partial charge in [-0.15, -0.1) is 0 Å². The number of hydrogen-bond donors (Lipinski definition) is 1. The maximum atomic E-state index is 12.1. The van der Waals surface area contributed by atoms with Gasteiger partial charge in [-0.25, -0.2) is 4.79 Å². The number of carboxylic acid groups (broad SMARTS) is 1. The van der Waals surface area contributed by atoms with E-state index in [-0.39, 0.29) is 23.1 Å². The summed E-state index contributed by atoms with van der Waals surface area (Å²) in [6.45, 7) is 0. The molecule has 1 saturated carbocycles. The van der Waals surface area contributed by atoms with Crippen molar-refractivity contribution in [3.63, 3.8) is 0 Å². The van der Waals surface area contributed by atoms with Gasteiger partial charge in [-0.3, -0.25) is 4.79 Å². The summed E-state index contributed by atoms with van der Waals surface area (Å²) in [6, 6.07) is 4.65. The average Bonchev–Trinajstić information content (AvgIpc) is 3.11. The predicted molar refractivity (Wildman–Crippen MR) is 65.1 cm³/mol. The highest BCUT2D eigenvalue weighted by molar-refractivity contribution is 6.06. The van der Waals surface area contributed by atoms with Crippen molar-refractivity contribution in [2.24, 2.45) is 0 Å². The summed E-state index contributed by atoms with van der Waals surface area (Å²) in [5, 5.41) is 9.14. The minimum absolute atomic E-state index is 0.0214. The Labute approximate surface area is 105 Å². The van der Waals surface area contributed by atoms with E-state index in [9.17, 15) is 9.59 Å². The van der Waals surface area contributed by atoms with Gasteiger partial charge in [0, 0.05) is 14.1 Å². The third kappa shape index (κ3) is 2.45. The monoisotopic (exact) mass is 249 g/mol. The Hall–Kier alpha value is -2.04. The number of nitrogens with zero attached hydrogens (tertiary/aromatic N) is 1. The van der Waals surface area contributed by atoms with Gasteiger partial charge in [0.05, 0.1) is 17.2 Å². The van der Waals surface area contributed by atoms with Crippen molar-refractivity contribution in [1.82, 2.24) is 4.90 Å². The maximum Gasteiger partial charge on any atom is 0.336 e. The molecule has 5 nitrogen and oxygen atoms in total. The van der Waals surface area contributed by atoms with Gasteiger partial charge < -0.3 is 14.7 Å². The molecule has 0 spiro atoms. The predicted octanol–water partition coefficient (Wildman–Crippen LogP) is 1.63. The van der Waals surface area contributed by atoms with Crippen LogP contribution in [0.25, 0.3) is 0 Å². The first-order valence-electron chi connectivity index (χ1n) is 5.75. The zero-order valence-corrected chi connectivity index (χ0v) is 10.3. The van der Waals surface area contributed by atoms with Crippen molar-refractivity contribution in [2.45, 2.75) is 18.9 Å². The first-order valence-corrected chi connectivity index (χ1v) is 5.75. The molecule has 1 aliphatic rings. The van der Waals surface area contributed by atoms with Gasteiger partial charge in [0.25, 0.3) is 5.91 Å². The van der Waals surface area contributed by atoms with Crippen LogP contribution in [0.2, 0.25) is 0 Å². The topological polar surface area (TPSA) is 66.8 Å². The second kappa shape index (κ2) is 4.68. The number of aromatic carboxylic acids is 1. The number of carbonyl (C=O) groups is 2. The Bertz CT molecular complexity index is 492. The molecule has 1 aromatic carbocycles. The van der Waals surface area contributed by atoms with Crippen LogP contribution in [0.15, 0.2) is 18.2 Å². The fraction of sp³-hybridized carbons (Fsp3) is 0.385. The summed E-state index contributed by atoms with van der Waals surface area (Å²) in [6.07, 6.45) is 2.02. The van der Waals surface area contributed by atoms with Crippen molar-refractivity contribution in [2.75, 3.05) is 14.1 Å². The molecular weight excluding hydrogens is 234 g/mol. The first-order chi connectivity index (χ1) is 8.50. The van der Waals surface area contributed by atoms with E-state index in [2.05, 4.69) is 0 Å². The summed E-state index contributed by atoms with van der Waals surface area (Å²) in [5.41, 5.74) is 0.105. The molecule has 0 atom stereocenters. The van der Waals surface area contributed by atoms with Crippen LogP contribution in [-0.4, -0.2) is 42.1 Å². The molecule has 0 unspecified atom stereocenters. The summed E-state index contributed by atoms with van der Waals surface area (Å²) < 4.78 is 5.61. The molecular formula is C13H15NO4. The summed E-state index contributed by atoms with van der Waals surface area (Å²) in [7, 11) is 3.17. The van der Waals surface area contributed by atoms with E-state index >= 15 is 0 Å². The Morgan fingerprint density at radius 3 is 2.50 bits per heavy atom. The van der Waals surface area contributed by atoms with Crippen molar-refractivity contribution < 1.29 is 19.4 Å². The molecule has 18 heavy (non-hydrogen) atoms. The average molecular weight is 249 g/mol. The molecule has 1 aliphatic carbocycles. The molecule has 0 heterocycles. The van der Waals surface area contributed by atoms with E-state index in [1.54, 1.807) is 26.2 Å². The SMILES string of the molecule is CN(C)C(=O)c1c(OC2CC2)cccc1C(=O)O. The van der Waals surface area contributed by atoms with Crippen LogP contribution in [0, 0.1) is 0 Å². The summed E-state index contributed by atoms with van der Waals surface area (Å²) in [5.74, 6) is -1.12. The number of ether oxygens (including phenoxy) is 1. The molecule has 5 heteroatoms. The van der Waals surface area contributed by atoms with Gasteiger partial charge in [-0.05, 0) is 25.0 Å². The Morgan fingerprint density at radius 1 is 1.33 bits per heavy atom. The molecule has 1 fully saturated rings. The molecule has 1 N–H and O–H groups in total. The molecule has 0 bridgehead atoms. The lowest BCUT2D eigenvalue weighted by Gasteiger charge is -2.16. The highest BCUT2D eigenvalue weighted by Crippen LogP contribution is 2.31. The minimum atomic E-state index is -1.12. The number of carbonyl (C=O) groups excluding carboxylic acids is 1. The molecule has 1 aromatic rings. The lowest BCUT2D eigenvalue weighted by atomic mass is 10.1. The molecule has 0 aromatic heterocycles. The van der Waals surface area contributed by atoms with Gasteiger partial charge in [-0.1, -0.05) is 6.07 Å². The molecule has 2 rings (SSSR count). The largest absolute Gasteiger partial charge is 0.490 e. The zero-order chi connectivity index (χ0) is 13.3. The minimum Gasteiger partial charge on any atom is -0.490 e. The summed E-state index contributed by atoms with van der Waals surface area (Å²) in [4.78, 5) is 24.6. The molecule has 96 valence electrons. The zero-order valence-electron chi connectivity index (χ0n) is 10.3. The normalized spacial score (nSPS) is 14.1. The van der Waals surface area contributed by atoms with Crippen LogP contribution in [0.4, 0.5) is 0 Å².